The maximum atomic E-state index is 10.9. The van der Waals surface area contributed by atoms with Crippen LogP contribution in [-0.2, 0) is 4.79 Å². The highest BCUT2D eigenvalue weighted by Gasteiger charge is 2.09. The van der Waals surface area contributed by atoms with Crippen molar-refractivity contribution in [2.24, 2.45) is 5.73 Å². The molecule has 0 heterocycles. The second kappa shape index (κ2) is 13.4. The van der Waals surface area contributed by atoms with Crippen molar-refractivity contribution in [2.75, 3.05) is 7.05 Å². The Morgan fingerprint density at radius 1 is 1.13 bits per heavy atom. The summed E-state index contributed by atoms with van der Waals surface area (Å²) in [7, 11) is 1.61. The predicted molar refractivity (Wildman–Crippen MR) is 66.8 cm³/mol. The Morgan fingerprint density at radius 3 is 2.00 bits per heavy atom. The van der Waals surface area contributed by atoms with Gasteiger partial charge >= 0.3 is 0 Å². The number of carbonyl (C=O) groups is 1. The summed E-state index contributed by atoms with van der Waals surface area (Å²) >= 11 is 0. The van der Waals surface area contributed by atoms with E-state index in [4.69, 9.17) is 5.73 Å². The van der Waals surface area contributed by atoms with Crippen LogP contribution in [0.15, 0.2) is 0 Å². The van der Waals surface area contributed by atoms with Gasteiger partial charge in [0.05, 0.1) is 6.04 Å². The van der Waals surface area contributed by atoms with Gasteiger partial charge in [0.25, 0.3) is 0 Å². The molecule has 0 fully saturated rings. The van der Waals surface area contributed by atoms with E-state index in [0.29, 0.717) is 0 Å². The summed E-state index contributed by atoms with van der Waals surface area (Å²) < 4.78 is 0. The molecule has 0 aliphatic heterocycles. The summed E-state index contributed by atoms with van der Waals surface area (Å²) in [4.78, 5) is 10.9. The quantitative estimate of drug-likeness (QED) is 0.670. The predicted octanol–water partition coefficient (Wildman–Crippen LogP) is 2.45. The standard InChI is InChI=1S/C8H18N2O.C4H10/c1-3-4-5-6-7(9)8(11)10-2;1-3-4-2/h7H,3-6,9H2,1-2H3,(H,10,11);3-4H2,1-2H3. The van der Waals surface area contributed by atoms with Crippen LogP contribution in [0.1, 0.15) is 59.3 Å². The van der Waals surface area contributed by atoms with Gasteiger partial charge in [-0.05, 0) is 6.42 Å². The Kier molecular flexibility index (Phi) is 15.1. The molecule has 3 N–H and O–H groups in total. The first-order valence-electron chi connectivity index (χ1n) is 6.11. The molecule has 0 spiro atoms. The third kappa shape index (κ3) is 13.4. The molecule has 3 nitrogen and oxygen atoms in total. The molecule has 15 heavy (non-hydrogen) atoms. The molecule has 0 aromatic carbocycles. The molecule has 0 rings (SSSR count). The van der Waals surface area contributed by atoms with Crippen LogP contribution >= 0.6 is 0 Å². The number of unbranched alkanes of at least 4 members (excludes halogenated alkanes) is 3. The molecule has 0 radical (unpaired) electrons. The molecule has 0 aliphatic carbocycles. The monoisotopic (exact) mass is 216 g/mol. The van der Waals surface area contributed by atoms with Crippen LogP contribution in [0.4, 0.5) is 0 Å². The first kappa shape index (κ1) is 16.8. The zero-order valence-corrected chi connectivity index (χ0v) is 10.8. The second-order valence-electron chi connectivity index (χ2n) is 3.72. The van der Waals surface area contributed by atoms with Gasteiger partial charge in [-0.15, -0.1) is 0 Å². The highest BCUT2D eigenvalue weighted by molar-refractivity contribution is 5.81. The van der Waals surface area contributed by atoms with Gasteiger partial charge in [-0.3, -0.25) is 4.79 Å². The lowest BCUT2D eigenvalue weighted by atomic mass is 10.1. The van der Waals surface area contributed by atoms with Gasteiger partial charge in [0.2, 0.25) is 5.91 Å². The SMILES string of the molecule is CCCC.CCCCCC(N)C(=O)NC. The molecule has 0 saturated heterocycles. The van der Waals surface area contributed by atoms with E-state index in [2.05, 4.69) is 26.1 Å². The van der Waals surface area contributed by atoms with Crippen molar-refractivity contribution < 1.29 is 4.79 Å². The van der Waals surface area contributed by atoms with E-state index in [1.165, 1.54) is 19.3 Å². The van der Waals surface area contributed by atoms with E-state index in [1.54, 1.807) is 7.05 Å². The van der Waals surface area contributed by atoms with Crippen molar-refractivity contribution in [3.05, 3.63) is 0 Å². The molecule has 0 saturated carbocycles. The minimum absolute atomic E-state index is 0.0545. The average Bonchev–Trinajstić information content (AvgIpc) is 2.28. The van der Waals surface area contributed by atoms with E-state index < -0.39 is 0 Å². The third-order valence-corrected chi connectivity index (χ3v) is 2.20. The number of nitrogens with two attached hydrogens (primary N) is 1. The summed E-state index contributed by atoms with van der Waals surface area (Å²) in [6.45, 7) is 6.49. The highest BCUT2D eigenvalue weighted by atomic mass is 16.2. The van der Waals surface area contributed by atoms with Gasteiger partial charge in [0.15, 0.2) is 0 Å². The first-order chi connectivity index (χ1) is 7.13. The van der Waals surface area contributed by atoms with Crippen molar-refractivity contribution in [1.82, 2.24) is 5.32 Å². The number of likely N-dealkylation sites (N-methyl/N-ethyl adjacent to an activating group) is 1. The van der Waals surface area contributed by atoms with Crippen LogP contribution in [0.2, 0.25) is 0 Å². The fraction of sp³-hybridized carbons (Fsp3) is 0.917. The molecular weight excluding hydrogens is 188 g/mol. The van der Waals surface area contributed by atoms with Crippen LogP contribution in [0.3, 0.4) is 0 Å². The average molecular weight is 216 g/mol. The Labute approximate surface area is 94.8 Å². The summed E-state index contributed by atoms with van der Waals surface area (Å²) in [5, 5.41) is 2.53. The van der Waals surface area contributed by atoms with Gasteiger partial charge in [-0.1, -0.05) is 52.9 Å². The van der Waals surface area contributed by atoms with Gasteiger partial charge in [-0.2, -0.15) is 0 Å². The molecule has 1 unspecified atom stereocenters. The number of nitrogens with one attached hydrogen (secondary N) is 1. The summed E-state index contributed by atoms with van der Waals surface area (Å²) in [5.41, 5.74) is 5.56. The van der Waals surface area contributed by atoms with Gasteiger partial charge in [0.1, 0.15) is 0 Å². The minimum Gasteiger partial charge on any atom is -0.358 e. The van der Waals surface area contributed by atoms with E-state index >= 15 is 0 Å². The molecule has 0 aromatic heterocycles. The van der Waals surface area contributed by atoms with Crippen molar-refractivity contribution in [2.45, 2.75) is 65.3 Å². The normalized spacial score (nSPS) is 11.3. The van der Waals surface area contributed by atoms with Gasteiger partial charge < -0.3 is 11.1 Å². The lowest BCUT2D eigenvalue weighted by Gasteiger charge is -2.08. The van der Waals surface area contributed by atoms with Crippen molar-refractivity contribution >= 4 is 5.91 Å². The maximum Gasteiger partial charge on any atom is 0.236 e. The Balaban J connectivity index is 0. The molecule has 1 atom stereocenters. The topological polar surface area (TPSA) is 55.1 Å². The zero-order chi connectivity index (χ0) is 12.1. The summed E-state index contributed by atoms with van der Waals surface area (Å²) in [6, 6.07) is -0.313. The van der Waals surface area contributed by atoms with Crippen LogP contribution in [0.25, 0.3) is 0 Å². The van der Waals surface area contributed by atoms with Gasteiger partial charge in [-0.25, -0.2) is 0 Å². The Morgan fingerprint density at radius 2 is 1.67 bits per heavy atom. The Hall–Kier alpha value is -0.570. The zero-order valence-electron chi connectivity index (χ0n) is 10.8. The van der Waals surface area contributed by atoms with Crippen LogP contribution in [0.5, 0.6) is 0 Å². The first-order valence-corrected chi connectivity index (χ1v) is 6.11. The molecule has 1 amide bonds. The molecule has 0 aliphatic rings. The summed E-state index contributed by atoms with van der Waals surface area (Å²) in [6.07, 6.45) is 6.81. The third-order valence-electron chi connectivity index (χ3n) is 2.20. The number of hydrogen-bond acceptors (Lipinski definition) is 2. The lowest BCUT2D eigenvalue weighted by molar-refractivity contribution is -0.122. The van der Waals surface area contributed by atoms with E-state index in [9.17, 15) is 4.79 Å². The second-order valence-corrected chi connectivity index (χ2v) is 3.72. The number of rotatable bonds is 6. The van der Waals surface area contributed by atoms with E-state index in [-0.39, 0.29) is 11.9 Å². The molecule has 92 valence electrons. The van der Waals surface area contributed by atoms with Crippen molar-refractivity contribution in [3.8, 4) is 0 Å². The number of hydrogen-bond donors (Lipinski definition) is 2. The number of amides is 1. The van der Waals surface area contributed by atoms with Gasteiger partial charge in [0, 0.05) is 7.05 Å². The van der Waals surface area contributed by atoms with E-state index in [1.807, 2.05) is 0 Å². The smallest absolute Gasteiger partial charge is 0.236 e. The van der Waals surface area contributed by atoms with Crippen molar-refractivity contribution in [1.29, 1.82) is 0 Å². The summed E-state index contributed by atoms with van der Waals surface area (Å²) in [5.74, 6) is -0.0545. The molecule has 0 aromatic rings. The van der Waals surface area contributed by atoms with Crippen LogP contribution in [0, 0.1) is 0 Å². The highest BCUT2D eigenvalue weighted by Crippen LogP contribution is 2.01. The van der Waals surface area contributed by atoms with Crippen LogP contribution in [-0.4, -0.2) is 19.0 Å². The Bertz CT molecular complexity index is 136. The van der Waals surface area contributed by atoms with E-state index in [0.717, 1.165) is 19.3 Å². The fourth-order valence-electron chi connectivity index (χ4n) is 0.931. The molecular formula is C12H28N2O. The fourth-order valence-corrected chi connectivity index (χ4v) is 0.931. The van der Waals surface area contributed by atoms with Crippen LogP contribution < -0.4 is 11.1 Å². The minimum atomic E-state index is -0.313. The maximum absolute atomic E-state index is 10.9. The largest absolute Gasteiger partial charge is 0.358 e. The lowest BCUT2D eigenvalue weighted by Crippen LogP contribution is -2.38. The number of carbonyl (C=O) groups excluding carboxylic acids is 1. The molecule has 0 bridgehead atoms. The molecule has 3 heteroatoms. The van der Waals surface area contributed by atoms with Crippen molar-refractivity contribution in [3.63, 3.8) is 0 Å².